The lowest BCUT2D eigenvalue weighted by atomic mass is 10.0. The van der Waals surface area contributed by atoms with Crippen LogP contribution < -0.4 is 10.2 Å². The number of hydrogen-bond acceptors (Lipinski definition) is 4. The van der Waals surface area contributed by atoms with Crippen molar-refractivity contribution in [2.45, 2.75) is 18.5 Å². The smallest absolute Gasteiger partial charge is 0.251 e. The highest BCUT2D eigenvalue weighted by Crippen LogP contribution is 2.31. The van der Waals surface area contributed by atoms with E-state index in [1.807, 2.05) is 35.5 Å². The summed E-state index contributed by atoms with van der Waals surface area (Å²) < 4.78 is 5.26. The summed E-state index contributed by atoms with van der Waals surface area (Å²) in [5.74, 6) is 0.935. The molecule has 2 heterocycles. The van der Waals surface area contributed by atoms with Crippen molar-refractivity contribution >= 4 is 5.91 Å². The number of hydrazine groups is 1. The van der Waals surface area contributed by atoms with Gasteiger partial charge in [0.15, 0.2) is 0 Å². The molecular weight excluding hydrogens is 266 g/mol. The third kappa shape index (κ3) is 2.52. The SMILES string of the molecule is C=CCN1C=CN2NC(c3cccc(OC)c3)CC2C1=O. The lowest BCUT2D eigenvalue weighted by Gasteiger charge is -2.31. The topological polar surface area (TPSA) is 44.8 Å². The summed E-state index contributed by atoms with van der Waals surface area (Å²) in [7, 11) is 1.66. The van der Waals surface area contributed by atoms with Gasteiger partial charge in [0.1, 0.15) is 11.8 Å². The largest absolute Gasteiger partial charge is 0.497 e. The number of fused-ring (bicyclic) bond motifs is 1. The van der Waals surface area contributed by atoms with Crippen LogP contribution in [0.15, 0.2) is 49.3 Å². The second-order valence-electron chi connectivity index (χ2n) is 5.19. The number of nitrogens with one attached hydrogen (secondary N) is 1. The number of rotatable bonds is 4. The third-order valence-electron chi connectivity index (χ3n) is 3.90. The highest BCUT2D eigenvalue weighted by molar-refractivity contribution is 5.84. The molecule has 0 saturated carbocycles. The summed E-state index contributed by atoms with van der Waals surface area (Å²) >= 11 is 0. The van der Waals surface area contributed by atoms with Crippen molar-refractivity contribution < 1.29 is 9.53 Å². The fourth-order valence-corrected chi connectivity index (χ4v) is 2.80. The molecule has 110 valence electrons. The summed E-state index contributed by atoms with van der Waals surface area (Å²) in [5, 5.41) is 1.89. The Morgan fingerprint density at radius 2 is 2.33 bits per heavy atom. The number of benzene rings is 1. The quantitative estimate of drug-likeness (QED) is 0.857. The monoisotopic (exact) mass is 285 g/mol. The van der Waals surface area contributed by atoms with Gasteiger partial charge in [0, 0.05) is 18.9 Å². The lowest BCUT2D eigenvalue weighted by molar-refractivity contribution is -0.133. The number of carbonyl (C=O) groups excluding carboxylic acids is 1. The maximum Gasteiger partial charge on any atom is 0.251 e. The van der Waals surface area contributed by atoms with Gasteiger partial charge in [-0.25, -0.2) is 5.43 Å². The van der Waals surface area contributed by atoms with Gasteiger partial charge in [0.2, 0.25) is 0 Å². The van der Waals surface area contributed by atoms with Crippen LogP contribution >= 0.6 is 0 Å². The second kappa shape index (κ2) is 5.61. The summed E-state index contributed by atoms with van der Waals surface area (Å²) in [6, 6.07) is 7.89. The molecule has 5 nitrogen and oxygen atoms in total. The third-order valence-corrected chi connectivity index (χ3v) is 3.90. The van der Waals surface area contributed by atoms with Crippen molar-refractivity contribution in [1.82, 2.24) is 15.3 Å². The zero-order chi connectivity index (χ0) is 14.8. The molecule has 0 radical (unpaired) electrons. The molecule has 1 saturated heterocycles. The van der Waals surface area contributed by atoms with Crippen LogP contribution in [0.5, 0.6) is 5.75 Å². The van der Waals surface area contributed by atoms with E-state index in [4.69, 9.17) is 4.74 Å². The Hall–Kier alpha value is -2.27. The van der Waals surface area contributed by atoms with Crippen molar-refractivity contribution in [3.8, 4) is 5.75 Å². The van der Waals surface area contributed by atoms with Crippen LogP contribution in [0.3, 0.4) is 0 Å². The number of nitrogens with zero attached hydrogens (tertiary/aromatic N) is 2. The van der Waals surface area contributed by atoms with Crippen molar-refractivity contribution in [3.63, 3.8) is 0 Å². The van der Waals surface area contributed by atoms with Crippen LogP contribution in [0, 0.1) is 0 Å². The molecule has 0 spiro atoms. The zero-order valence-electron chi connectivity index (χ0n) is 12.0. The molecule has 1 aromatic rings. The maximum absolute atomic E-state index is 12.4. The van der Waals surface area contributed by atoms with Crippen LogP contribution in [-0.4, -0.2) is 35.5 Å². The van der Waals surface area contributed by atoms with Gasteiger partial charge in [0.05, 0.1) is 13.2 Å². The Balaban J connectivity index is 1.78. The van der Waals surface area contributed by atoms with Gasteiger partial charge in [-0.15, -0.1) is 6.58 Å². The van der Waals surface area contributed by atoms with Crippen molar-refractivity contribution in [2.75, 3.05) is 13.7 Å². The standard InChI is InChI=1S/C16H19N3O2/c1-3-7-18-8-9-19-15(16(18)20)11-14(17-19)12-5-4-6-13(10-12)21-2/h3-6,8-10,14-15,17H,1,7,11H2,2H3. The molecule has 1 aromatic carbocycles. The minimum Gasteiger partial charge on any atom is -0.497 e. The van der Waals surface area contributed by atoms with E-state index in [-0.39, 0.29) is 18.0 Å². The molecule has 1 amide bonds. The predicted octanol–water partition coefficient (Wildman–Crippen LogP) is 1.81. The van der Waals surface area contributed by atoms with Gasteiger partial charge in [0.25, 0.3) is 5.91 Å². The first-order valence-corrected chi connectivity index (χ1v) is 7.01. The number of ether oxygens (including phenoxy) is 1. The number of methoxy groups -OCH3 is 1. The van der Waals surface area contributed by atoms with Crippen LogP contribution in [0.1, 0.15) is 18.0 Å². The van der Waals surface area contributed by atoms with E-state index in [0.717, 1.165) is 17.7 Å². The highest BCUT2D eigenvalue weighted by Gasteiger charge is 2.39. The van der Waals surface area contributed by atoms with Gasteiger partial charge in [-0.3, -0.25) is 4.79 Å². The molecule has 0 aliphatic carbocycles. The lowest BCUT2D eigenvalue weighted by Crippen LogP contribution is -2.47. The van der Waals surface area contributed by atoms with Gasteiger partial charge in [-0.2, -0.15) is 0 Å². The first kappa shape index (κ1) is 13.7. The maximum atomic E-state index is 12.4. The summed E-state index contributed by atoms with van der Waals surface area (Å²) in [6.07, 6.45) is 6.18. The first-order valence-electron chi connectivity index (χ1n) is 7.01. The van der Waals surface area contributed by atoms with E-state index in [1.165, 1.54) is 0 Å². The fourth-order valence-electron chi connectivity index (χ4n) is 2.80. The van der Waals surface area contributed by atoms with E-state index < -0.39 is 0 Å². The van der Waals surface area contributed by atoms with Crippen molar-refractivity contribution in [2.24, 2.45) is 0 Å². The minimum absolute atomic E-state index is 0.107. The molecule has 5 heteroatoms. The Labute approximate surface area is 124 Å². The summed E-state index contributed by atoms with van der Waals surface area (Å²) in [4.78, 5) is 14.1. The molecule has 3 rings (SSSR count). The first-order chi connectivity index (χ1) is 10.2. The van der Waals surface area contributed by atoms with Crippen LogP contribution in [0.4, 0.5) is 0 Å². The van der Waals surface area contributed by atoms with Gasteiger partial charge in [-0.1, -0.05) is 18.2 Å². The van der Waals surface area contributed by atoms with E-state index >= 15 is 0 Å². The van der Waals surface area contributed by atoms with E-state index in [0.29, 0.717) is 6.54 Å². The number of amides is 1. The molecular formula is C16H19N3O2. The fraction of sp³-hybridized carbons (Fsp3) is 0.312. The molecule has 21 heavy (non-hydrogen) atoms. The second-order valence-corrected chi connectivity index (χ2v) is 5.19. The Bertz CT molecular complexity index is 585. The van der Waals surface area contributed by atoms with Gasteiger partial charge in [-0.05, 0) is 24.1 Å². The average Bonchev–Trinajstić information content (AvgIpc) is 2.95. The molecule has 0 bridgehead atoms. The van der Waals surface area contributed by atoms with Gasteiger partial charge < -0.3 is 14.6 Å². The van der Waals surface area contributed by atoms with Crippen LogP contribution in [0.2, 0.25) is 0 Å². The molecule has 1 N–H and O–H groups in total. The van der Waals surface area contributed by atoms with Crippen LogP contribution in [0.25, 0.3) is 0 Å². The Morgan fingerprint density at radius 1 is 1.48 bits per heavy atom. The number of carbonyl (C=O) groups is 1. The van der Waals surface area contributed by atoms with E-state index in [9.17, 15) is 4.79 Å². The predicted molar refractivity (Wildman–Crippen MR) is 80.2 cm³/mol. The average molecular weight is 285 g/mol. The molecule has 2 unspecified atom stereocenters. The minimum atomic E-state index is -0.161. The highest BCUT2D eigenvalue weighted by atomic mass is 16.5. The molecule has 1 fully saturated rings. The van der Waals surface area contributed by atoms with Crippen molar-refractivity contribution in [3.05, 3.63) is 54.9 Å². The zero-order valence-corrected chi connectivity index (χ0v) is 12.0. The van der Waals surface area contributed by atoms with Crippen molar-refractivity contribution in [1.29, 1.82) is 0 Å². The summed E-state index contributed by atoms with van der Waals surface area (Å²) in [6.45, 7) is 4.23. The van der Waals surface area contributed by atoms with Crippen LogP contribution in [-0.2, 0) is 4.79 Å². The molecule has 2 atom stereocenters. The molecule has 2 aliphatic rings. The van der Waals surface area contributed by atoms with E-state index in [1.54, 1.807) is 24.3 Å². The summed E-state index contributed by atoms with van der Waals surface area (Å²) in [5.41, 5.74) is 4.50. The van der Waals surface area contributed by atoms with E-state index in [2.05, 4.69) is 12.0 Å². The Morgan fingerprint density at radius 3 is 3.10 bits per heavy atom. The van der Waals surface area contributed by atoms with Gasteiger partial charge >= 0.3 is 0 Å². The normalized spacial score (nSPS) is 24.1. The molecule has 2 aliphatic heterocycles. The molecule has 0 aromatic heterocycles. The number of hydrogen-bond donors (Lipinski definition) is 1. The Kier molecular flexibility index (Phi) is 3.66.